The molecule has 1 atom stereocenters. The van der Waals surface area contributed by atoms with Gasteiger partial charge in [-0.15, -0.1) is 0 Å². The van der Waals surface area contributed by atoms with Crippen LogP contribution in [0.3, 0.4) is 0 Å². The van der Waals surface area contributed by atoms with Gasteiger partial charge in [0.25, 0.3) is 0 Å². The van der Waals surface area contributed by atoms with Crippen molar-refractivity contribution in [3.05, 3.63) is 35.4 Å². The van der Waals surface area contributed by atoms with E-state index in [1.54, 1.807) is 20.8 Å². The third kappa shape index (κ3) is 4.46. The Morgan fingerprint density at radius 2 is 1.24 bits per heavy atom. The van der Waals surface area contributed by atoms with Crippen LogP contribution in [0, 0.1) is 0 Å². The summed E-state index contributed by atoms with van der Waals surface area (Å²) >= 11 is 0. The lowest BCUT2D eigenvalue weighted by Crippen LogP contribution is -2.66. The average Bonchev–Trinajstić information content (AvgIpc) is 2.52. The fraction of sp³-hybridized carbons (Fsp3) is 0.647. The van der Waals surface area contributed by atoms with Gasteiger partial charge in [0.1, 0.15) is 0 Å². The van der Waals surface area contributed by atoms with Crippen molar-refractivity contribution in [2.45, 2.75) is 68.6 Å². The van der Waals surface area contributed by atoms with Crippen molar-refractivity contribution in [2.24, 2.45) is 0 Å². The molecule has 1 aromatic rings. The van der Waals surface area contributed by atoms with E-state index in [1.807, 2.05) is 0 Å². The maximum absolute atomic E-state index is 13.8. The zero-order valence-electron chi connectivity index (χ0n) is 15.2. The first kappa shape index (κ1) is 25.4. The minimum Gasteiger partial charge on any atom is -0.388 e. The van der Waals surface area contributed by atoms with Crippen LogP contribution < -0.4 is 0 Å². The van der Waals surface area contributed by atoms with E-state index < -0.39 is 53.4 Å². The standard InChI is InChI=1S/C17H17F11O/c1-12(2,3)10-6-4-5-9(7-10)11(29)8-13(18,19)14(20,21)15(22,23)16(24,25)17(26,27)28/h4-7,11,29H,8H2,1-3H3. The fourth-order valence-corrected chi connectivity index (χ4v) is 2.31. The van der Waals surface area contributed by atoms with Crippen LogP contribution >= 0.6 is 0 Å². The molecule has 0 radical (unpaired) electrons. The van der Waals surface area contributed by atoms with Crippen LogP contribution in [0.2, 0.25) is 0 Å². The summed E-state index contributed by atoms with van der Waals surface area (Å²) in [4.78, 5) is 0. The normalized spacial score (nSPS) is 16.1. The van der Waals surface area contributed by atoms with Crippen LogP contribution in [0.1, 0.15) is 44.4 Å². The number of aliphatic hydroxyl groups excluding tert-OH is 1. The quantitative estimate of drug-likeness (QED) is 0.494. The SMILES string of the molecule is CC(C)(C)c1cccc(C(O)CC(F)(F)C(F)(F)C(F)(F)C(F)(F)C(F)(F)F)c1. The highest BCUT2D eigenvalue weighted by atomic mass is 19.4. The Kier molecular flexibility index (Phi) is 6.38. The van der Waals surface area contributed by atoms with Crippen LogP contribution in [0.5, 0.6) is 0 Å². The maximum Gasteiger partial charge on any atom is 0.460 e. The average molecular weight is 446 g/mol. The second-order valence-electron chi connectivity index (χ2n) is 7.52. The predicted octanol–water partition coefficient (Wildman–Crippen LogP) is 6.51. The van der Waals surface area contributed by atoms with E-state index in [0.29, 0.717) is 5.56 Å². The van der Waals surface area contributed by atoms with Crippen molar-refractivity contribution in [3.8, 4) is 0 Å². The second-order valence-corrected chi connectivity index (χ2v) is 7.52. The molecule has 0 amide bonds. The van der Waals surface area contributed by atoms with Crippen LogP contribution in [0.15, 0.2) is 24.3 Å². The van der Waals surface area contributed by atoms with Crippen LogP contribution in [-0.2, 0) is 5.41 Å². The summed E-state index contributed by atoms with van der Waals surface area (Å²) in [6, 6.07) is 4.81. The van der Waals surface area contributed by atoms with Crippen molar-refractivity contribution in [3.63, 3.8) is 0 Å². The Morgan fingerprint density at radius 3 is 1.66 bits per heavy atom. The van der Waals surface area contributed by atoms with Gasteiger partial charge >= 0.3 is 29.9 Å². The highest BCUT2D eigenvalue weighted by Gasteiger charge is 2.87. The van der Waals surface area contributed by atoms with Gasteiger partial charge in [0.05, 0.1) is 6.10 Å². The summed E-state index contributed by atoms with van der Waals surface area (Å²) in [5.74, 6) is -28.2. The number of rotatable bonds is 6. The molecule has 0 heterocycles. The lowest BCUT2D eigenvalue weighted by atomic mass is 9.85. The molecule has 0 saturated carbocycles. The molecular weight excluding hydrogens is 429 g/mol. The number of benzene rings is 1. The summed E-state index contributed by atoms with van der Waals surface area (Å²) < 4.78 is 143. The highest BCUT2D eigenvalue weighted by molar-refractivity contribution is 5.30. The molecule has 0 aliphatic rings. The molecule has 29 heavy (non-hydrogen) atoms. The molecule has 1 unspecified atom stereocenters. The summed E-state index contributed by atoms with van der Waals surface area (Å²) in [6.45, 7) is 5.00. The topological polar surface area (TPSA) is 20.2 Å². The van der Waals surface area contributed by atoms with E-state index in [0.717, 1.165) is 12.1 Å². The Balaban J connectivity index is 3.27. The van der Waals surface area contributed by atoms with Crippen LogP contribution in [-0.4, -0.2) is 35.0 Å². The highest BCUT2D eigenvalue weighted by Crippen LogP contribution is 2.58. The summed E-state index contributed by atoms with van der Waals surface area (Å²) in [6.07, 6.45) is -12.3. The predicted molar refractivity (Wildman–Crippen MR) is 80.6 cm³/mol. The van der Waals surface area contributed by atoms with Gasteiger partial charge in [-0.3, -0.25) is 0 Å². The van der Waals surface area contributed by atoms with Crippen LogP contribution in [0.4, 0.5) is 48.3 Å². The molecule has 1 nitrogen and oxygen atoms in total. The van der Waals surface area contributed by atoms with Gasteiger partial charge in [0.15, 0.2) is 0 Å². The first-order valence-electron chi connectivity index (χ1n) is 7.96. The summed E-state index contributed by atoms with van der Waals surface area (Å²) in [5.41, 5.74) is -0.596. The molecule has 0 spiro atoms. The monoisotopic (exact) mass is 446 g/mol. The van der Waals surface area contributed by atoms with Gasteiger partial charge in [-0.05, 0) is 16.5 Å². The molecule has 0 aliphatic carbocycles. The Labute approximate surface area is 158 Å². The molecule has 0 fully saturated rings. The molecule has 0 aliphatic heterocycles. The molecule has 1 rings (SSSR count). The van der Waals surface area contributed by atoms with Crippen molar-refractivity contribution in [1.82, 2.24) is 0 Å². The third-order valence-corrected chi connectivity index (χ3v) is 4.19. The number of hydrogen-bond donors (Lipinski definition) is 1. The molecule has 0 saturated heterocycles. The van der Waals surface area contributed by atoms with Gasteiger partial charge in [-0.2, -0.15) is 48.3 Å². The molecule has 12 heteroatoms. The van der Waals surface area contributed by atoms with Crippen LogP contribution in [0.25, 0.3) is 0 Å². The first-order valence-corrected chi connectivity index (χ1v) is 7.96. The number of halogens is 11. The number of aliphatic hydroxyl groups is 1. The van der Waals surface area contributed by atoms with Crippen molar-refractivity contribution < 1.29 is 53.4 Å². The lowest BCUT2D eigenvalue weighted by Gasteiger charge is -2.37. The zero-order chi connectivity index (χ0) is 23.3. The molecule has 0 aromatic heterocycles. The van der Waals surface area contributed by atoms with Gasteiger partial charge < -0.3 is 5.11 Å². The molecule has 1 aromatic carbocycles. The maximum atomic E-state index is 13.8. The van der Waals surface area contributed by atoms with E-state index in [4.69, 9.17) is 0 Å². The van der Waals surface area contributed by atoms with Gasteiger partial charge in [0, 0.05) is 6.42 Å². The smallest absolute Gasteiger partial charge is 0.388 e. The number of hydrogen-bond acceptors (Lipinski definition) is 1. The minimum atomic E-state index is -7.48. The van der Waals surface area contributed by atoms with Gasteiger partial charge in [0.2, 0.25) is 0 Å². The van der Waals surface area contributed by atoms with Gasteiger partial charge in [-0.25, -0.2) is 0 Å². The van der Waals surface area contributed by atoms with E-state index >= 15 is 0 Å². The Bertz CT molecular complexity index is 717. The lowest BCUT2D eigenvalue weighted by molar-refractivity contribution is -0.423. The first-order chi connectivity index (χ1) is 12.6. The fourth-order valence-electron chi connectivity index (χ4n) is 2.31. The van der Waals surface area contributed by atoms with E-state index in [1.165, 1.54) is 12.1 Å². The minimum absolute atomic E-state index is 0.429. The van der Waals surface area contributed by atoms with Crippen molar-refractivity contribution in [1.29, 1.82) is 0 Å². The summed E-state index contributed by atoms with van der Waals surface area (Å²) in [5, 5.41) is 9.77. The Hall–Kier alpha value is -1.59. The Morgan fingerprint density at radius 1 is 0.759 bits per heavy atom. The van der Waals surface area contributed by atoms with E-state index in [-0.39, 0.29) is 0 Å². The zero-order valence-corrected chi connectivity index (χ0v) is 15.2. The van der Waals surface area contributed by atoms with E-state index in [2.05, 4.69) is 0 Å². The second kappa shape index (κ2) is 7.28. The van der Waals surface area contributed by atoms with E-state index in [9.17, 15) is 53.4 Å². The third-order valence-electron chi connectivity index (χ3n) is 4.19. The molecule has 168 valence electrons. The summed E-state index contributed by atoms with van der Waals surface area (Å²) in [7, 11) is 0. The number of alkyl halides is 11. The molecule has 1 N–H and O–H groups in total. The van der Waals surface area contributed by atoms with Crippen molar-refractivity contribution in [2.75, 3.05) is 0 Å². The van der Waals surface area contributed by atoms with Gasteiger partial charge in [-0.1, -0.05) is 45.0 Å². The van der Waals surface area contributed by atoms with Crippen molar-refractivity contribution >= 4 is 0 Å². The molecular formula is C17H17F11O. The molecule has 0 bridgehead atoms. The largest absolute Gasteiger partial charge is 0.460 e.